The quantitative estimate of drug-likeness (QED) is 0.897. The molecule has 1 aromatic carbocycles. The predicted octanol–water partition coefficient (Wildman–Crippen LogP) is 3.04. The zero-order valence-electron chi connectivity index (χ0n) is 14.0. The van der Waals surface area contributed by atoms with E-state index in [0.717, 1.165) is 43.4 Å². The molecule has 3 heterocycles. The number of carbonyl (C=O) groups is 1. The number of urea groups is 1. The zero-order chi connectivity index (χ0) is 17.4. The minimum absolute atomic E-state index is 0.0545. The summed E-state index contributed by atoms with van der Waals surface area (Å²) in [5, 5.41) is 3.55. The summed E-state index contributed by atoms with van der Waals surface area (Å²) in [5.74, 6) is 1.96. The summed E-state index contributed by atoms with van der Waals surface area (Å²) in [7, 11) is 0. The molecule has 2 fully saturated rings. The van der Waals surface area contributed by atoms with Crippen molar-refractivity contribution >= 4 is 29.1 Å². The highest BCUT2D eigenvalue weighted by Crippen LogP contribution is 2.33. The number of benzene rings is 1. The van der Waals surface area contributed by atoms with Crippen LogP contribution in [-0.4, -0.2) is 47.1 Å². The van der Waals surface area contributed by atoms with Crippen molar-refractivity contribution in [1.82, 2.24) is 14.9 Å². The number of rotatable bonds is 2. The Kier molecular flexibility index (Phi) is 4.21. The number of carbonyl (C=O) groups excluding carboxylic acids is 1. The molecule has 2 unspecified atom stereocenters. The van der Waals surface area contributed by atoms with Crippen molar-refractivity contribution in [2.75, 3.05) is 36.4 Å². The number of hydrogen-bond acceptors (Lipinski definition) is 4. The normalized spacial score (nSPS) is 22.2. The Morgan fingerprint density at radius 3 is 2.60 bits per heavy atom. The van der Waals surface area contributed by atoms with Gasteiger partial charge in [-0.2, -0.15) is 0 Å². The molecule has 2 atom stereocenters. The van der Waals surface area contributed by atoms with Crippen LogP contribution < -0.4 is 10.2 Å². The second-order valence-corrected chi connectivity index (χ2v) is 7.22. The molecular formula is C18H20ClN5O. The summed E-state index contributed by atoms with van der Waals surface area (Å²) >= 11 is 5.97. The highest BCUT2D eigenvalue weighted by atomic mass is 35.5. The van der Waals surface area contributed by atoms with Gasteiger partial charge in [0.25, 0.3) is 0 Å². The lowest BCUT2D eigenvalue weighted by atomic mass is 10.0. The first-order valence-corrected chi connectivity index (χ1v) is 8.81. The molecule has 6 nitrogen and oxygen atoms in total. The average molecular weight is 358 g/mol. The molecule has 4 rings (SSSR count). The fourth-order valence-corrected chi connectivity index (χ4v) is 3.92. The average Bonchev–Trinajstić information content (AvgIpc) is 3.13. The van der Waals surface area contributed by atoms with Crippen LogP contribution in [0.5, 0.6) is 0 Å². The molecule has 25 heavy (non-hydrogen) atoms. The molecule has 1 N–H and O–H groups in total. The first-order chi connectivity index (χ1) is 12.1. The van der Waals surface area contributed by atoms with Crippen molar-refractivity contribution in [1.29, 1.82) is 0 Å². The van der Waals surface area contributed by atoms with Crippen LogP contribution in [0.2, 0.25) is 5.02 Å². The fourth-order valence-electron chi connectivity index (χ4n) is 3.73. The van der Waals surface area contributed by atoms with E-state index in [-0.39, 0.29) is 6.03 Å². The van der Waals surface area contributed by atoms with Crippen LogP contribution in [0.3, 0.4) is 0 Å². The van der Waals surface area contributed by atoms with Gasteiger partial charge in [-0.15, -0.1) is 0 Å². The Bertz CT molecular complexity index is 785. The minimum atomic E-state index is -0.0545. The third kappa shape index (κ3) is 3.39. The number of nitrogens with one attached hydrogen (secondary N) is 1. The standard InChI is InChI=1S/C18H20ClN5O/c1-12-5-17(21-11-20-12)23-7-13-9-24(10-14(13)8-23)18(25)22-16-4-2-3-15(19)6-16/h2-6,11,13-14H,7-10H2,1H3,(H,22,25). The summed E-state index contributed by atoms with van der Waals surface area (Å²) in [4.78, 5) is 25.2. The maximum absolute atomic E-state index is 12.5. The van der Waals surface area contributed by atoms with E-state index in [0.29, 0.717) is 16.9 Å². The number of hydrogen-bond donors (Lipinski definition) is 1. The van der Waals surface area contributed by atoms with Gasteiger partial charge >= 0.3 is 6.03 Å². The SMILES string of the molecule is Cc1cc(N2CC3CN(C(=O)Nc4cccc(Cl)c4)CC3C2)ncn1. The second-order valence-electron chi connectivity index (χ2n) is 6.79. The molecule has 2 saturated heterocycles. The number of fused-ring (bicyclic) bond motifs is 1. The summed E-state index contributed by atoms with van der Waals surface area (Å²) in [6, 6.07) is 9.19. The Hall–Kier alpha value is -2.34. The van der Waals surface area contributed by atoms with Crippen LogP contribution in [-0.2, 0) is 0 Å². The van der Waals surface area contributed by atoms with Crippen molar-refractivity contribution in [2.45, 2.75) is 6.92 Å². The lowest BCUT2D eigenvalue weighted by Crippen LogP contribution is -2.36. The van der Waals surface area contributed by atoms with E-state index in [1.54, 1.807) is 18.5 Å². The van der Waals surface area contributed by atoms with E-state index in [9.17, 15) is 4.79 Å². The first kappa shape index (κ1) is 16.1. The topological polar surface area (TPSA) is 61.4 Å². The lowest BCUT2D eigenvalue weighted by molar-refractivity contribution is 0.219. The maximum Gasteiger partial charge on any atom is 0.321 e. The molecular weight excluding hydrogens is 338 g/mol. The van der Waals surface area contributed by atoms with Gasteiger partial charge in [0.05, 0.1) is 0 Å². The van der Waals surface area contributed by atoms with E-state index >= 15 is 0 Å². The zero-order valence-corrected chi connectivity index (χ0v) is 14.8. The predicted molar refractivity (Wildman–Crippen MR) is 98.0 cm³/mol. The highest BCUT2D eigenvalue weighted by molar-refractivity contribution is 6.30. The molecule has 0 bridgehead atoms. The summed E-state index contributed by atoms with van der Waals surface area (Å²) in [6.07, 6.45) is 1.61. The third-order valence-corrected chi connectivity index (χ3v) is 5.20. The largest absolute Gasteiger partial charge is 0.356 e. The molecule has 0 spiro atoms. The smallest absolute Gasteiger partial charge is 0.321 e. The van der Waals surface area contributed by atoms with Gasteiger partial charge in [-0.1, -0.05) is 17.7 Å². The van der Waals surface area contributed by atoms with Crippen molar-refractivity contribution < 1.29 is 4.79 Å². The summed E-state index contributed by atoms with van der Waals surface area (Å²) < 4.78 is 0. The Morgan fingerprint density at radius 2 is 1.92 bits per heavy atom. The van der Waals surface area contributed by atoms with Crippen LogP contribution in [0.25, 0.3) is 0 Å². The molecule has 2 aliphatic rings. The van der Waals surface area contributed by atoms with Gasteiger partial charge in [0, 0.05) is 60.5 Å². The monoisotopic (exact) mass is 357 g/mol. The van der Waals surface area contributed by atoms with Gasteiger partial charge in [-0.25, -0.2) is 14.8 Å². The second kappa shape index (κ2) is 6.52. The van der Waals surface area contributed by atoms with Gasteiger partial charge in [-0.3, -0.25) is 0 Å². The van der Waals surface area contributed by atoms with Crippen molar-refractivity contribution in [2.24, 2.45) is 11.8 Å². The molecule has 2 aromatic rings. The first-order valence-electron chi connectivity index (χ1n) is 8.43. The number of halogens is 1. The number of nitrogens with zero attached hydrogens (tertiary/aromatic N) is 4. The minimum Gasteiger partial charge on any atom is -0.356 e. The third-order valence-electron chi connectivity index (χ3n) is 4.96. The van der Waals surface area contributed by atoms with Crippen LogP contribution >= 0.6 is 11.6 Å². The van der Waals surface area contributed by atoms with Gasteiger partial charge in [-0.05, 0) is 25.1 Å². The molecule has 0 saturated carbocycles. The van der Waals surface area contributed by atoms with Crippen LogP contribution in [0.1, 0.15) is 5.69 Å². The number of amides is 2. The van der Waals surface area contributed by atoms with Crippen molar-refractivity contribution in [3.05, 3.63) is 47.4 Å². The molecule has 130 valence electrons. The Morgan fingerprint density at radius 1 is 1.16 bits per heavy atom. The van der Waals surface area contributed by atoms with Gasteiger partial charge < -0.3 is 15.1 Å². The maximum atomic E-state index is 12.5. The van der Waals surface area contributed by atoms with E-state index in [4.69, 9.17) is 11.6 Å². The summed E-state index contributed by atoms with van der Waals surface area (Å²) in [6.45, 7) is 5.39. The van der Waals surface area contributed by atoms with E-state index in [1.165, 1.54) is 0 Å². The van der Waals surface area contributed by atoms with Gasteiger partial charge in [0.1, 0.15) is 12.1 Å². The molecule has 7 heteroatoms. The van der Waals surface area contributed by atoms with Crippen LogP contribution in [0, 0.1) is 18.8 Å². The number of likely N-dealkylation sites (tertiary alicyclic amines) is 1. The fraction of sp³-hybridized carbons (Fsp3) is 0.389. The number of anilines is 2. The Balaban J connectivity index is 1.37. The van der Waals surface area contributed by atoms with Crippen molar-refractivity contribution in [3.63, 3.8) is 0 Å². The molecule has 0 aliphatic carbocycles. The number of aryl methyl sites for hydroxylation is 1. The highest BCUT2D eigenvalue weighted by Gasteiger charge is 2.42. The van der Waals surface area contributed by atoms with Crippen LogP contribution in [0.4, 0.5) is 16.3 Å². The van der Waals surface area contributed by atoms with E-state index < -0.39 is 0 Å². The molecule has 0 radical (unpaired) electrons. The lowest BCUT2D eigenvalue weighted by Gasteiger charge is -2.22. The van der Waals surface area contributed by atoms with Gasteiger partial charge in [0.2, 0.25) is 0 Å². The van der Waals surface area contributed by atoms with Gasteiger partial charge in [0.15, 0.2) is 0 Å². The molecule has 2 amide bonds. The molecule has 1 aromatic heterocycles. The van der Waals surface area contributed by atoms with Crippen LogP contribution in [0.15, 0.2) is 36.7 Å². The van der Waals surface area contributed by atoms with E-state index in [2.05, 4.69) is 20.2 Å². The number of aromatic nitrogens is 2. The summed E-state index contributed by atoms with van der Waals surface area (Å²) in [5.41, 5.74) is 1.71. The Labute approximate surface area is 151 Å². The van der Waals surface area contributed by atoms with E-state index in [1.807, 2.05) is 30.0 Å². The van der Waals surface area contributed by atoms with Crippen molar-refractivity contribution in [3.8, 4) is 0 Å². The molecule has 2 aliphatic heterocycles.